The second-order valence-electron chi connectivity index (χ2n) is 5.08. The number of halogens is 4. The Kier molecular flexibility index (Phi) is 12.4. The Morgan fingerprint density at radius 1 is 1.25 bits per heavy atom. The lowest BCUT2D eigenvalue weighted by Crippen LogP contribution is -2.38. The number of nitrogens with zero attached hydrogens (tertiary/aromatic N) is 2. The molecule has 0 fully saturated rings. The monoisotopic (exact) mass is 478 g/mol. The zero-order valence-corrected chi connectivity index (χ0v) is 17.2. The van der Waals surface area contributed by atoms with E-state index in [9.17, 15) is 13.2 Å². The number of unbranched alkanes of at least 4 members (excludes halogenated alkanes) is 1. The van der Waals surface area contributed by atoms with Gasteiger partial charge >= 0.3 is 6.18 Å². The van der Waals surface area contributed by atoms with Gasteiger partial charge in [0.25, 0.3) is 0 Å². The fourth-order valence-electron chi connectivity index (χ4n) is 1.88. The predicted molar refractivity (Wildman–Crippen MR) is 104 cm³/mol. The van der Waals surface area contributed by atoms with E-state index in [1.807, 2.05) is 13.1 Å². The van der Waals surface area contributed by atoms with E-state index in [1.54, 1.807) is 11.3 Å². The summed E-state index contributed by atoms with van der Waals surface area (Å²) < 4.78 is 36.2. The van der Waals surface area contributed by atoms with Gasteiger partial charge < -0.3 is 10.6 Å². The minimum atomic E-state index is -4.07. The van der Waals surface area contributed by atoms with Gasteiger partial charge in [-0.15, -0.1) is 35.3 Å². The lowest BCUT2D eigenvalue weighted by molar-refractivity contribution is -0.135. The van der Waals surface area contributed by atoms with Gasteiger partial charge in [-0.05, 0) is 26.2 Å². The summed E-state index contributed by atoms with van der Waals surface area (Å²) >= 11 is 1.71. The molecule has 0 radical (unpaired) electrons. The molecule has 0 aliphatic rings. The van der Waals surface area contributed by atoms with Crippen molar-refractivity contribution in [3.63, 3.8) is 0 Å². The van der Waals surface area contributed by atoms with Gasteiger partial charge in [-0.2, -0.15) is 13.2 Å². The molecular formula is C15H26F3IN4S. The van der Waals surface area contributed by atoms with E-state index in [1.165, 1.54) is 4.88 Å². The average molecular weight is 478 g/mol. The summed E-state index contributed by atoms with van der Waals surface area (Å²) in [4.78, 5) is 9.92. The second-order valence-corrected chi connectivity index (χ2v) is 6.28. The molecule has 0 amide bonds. The van der Waals surface area contributed by atoms with E-state index in [-0.39, 0.29) is 30.4 Å². The van der Waals surface area contributed by atoms with Crippen LogP contribution in [0.25, 0.3) is 0 Å². The number of nitrogens with one attached hydrogen (secondary N) is 2. The van der Waals surface area contributed by atoms with Crippen molar-refractivity contribution in [3.05, 3.63) is 16.1 Å². The van der Waals surface area contributed by atoms with Gasteiger partial charge in [0.1, 0.15) is 0 Å². The van der Waals surface area contributed by atoms with Crippen LogP contribution >= 0.6 is 35.3 Å². The fourth-order valence-corrected chi connectivity index (χ4v) is 2.75. The van der Waals surface area contributed by atoms with Gasteiger partial charge in [-0.1, -0.05) is 6.92 Å². The summed E-state index contributed by atoms with van der Waals surface area (Å²) in [6.07, 6.45) is -0.558. The van der Waals surface area contributed by atoms with Gasteiger partial charge in [0.2, 0.25) is 0 Å². The van der Waals surface area contributed by atoms with Gasteiger partial charge in [0.15, 0.2) is 5.96 Å². The third kappa shape index (κ3) is 11.1. The van der Waals surface area contributed by atoms with Gasteiger partial charge in [0, 0.05) is 43.5 Å². The molecule has 9 heteroatoms. The minimum absolute atomic E-state index is 0. The molecule has 1 aromatic rings. The van der Waals surface area contributed by atoms with Crippen LogP contribution in [0.2, 0.25) is 0 Å². The minimum Gasteiger partial charge on any atom is -0.357 e. The Bertz CT molecular complexity index is 478. The second kappa shape index (κ2) is 12.7. The van der Waals surface area contributed by atoms with Crippen LogP contribution in [0.15, 0.2) is 11.2 Å². The molecule has 1 aromatic heterocycles. The first-order valence-corrected chi connectivity index (χ1v) is 8.78. The molecule has 0 spiro atoms. The molecule has 140 valence electrons. The Morgan fingerprint density at radius 3 is 2.58 bits per heavy atom. The molecule has 0 aliphatic heterocycles. The highest BCUT2D eigenvalue weighted by molar-refractivity contribution is 14.0. The number of rotatable bonds is 9. The Morgan fingerprint density at radius 2 is 2.00 bits per heavy atom. The van der Waals surface area contributed by atoms with Crippen molar-refractivity contribution in [3.8, 4) is 0 Å². The van der Waals surface area contributed by atoms with Crippen LogP contribution in [-0.2, 0) is 12.8 Å². The van der Waals surface area contributed by atoms with Gasteiger partial charge in [-0.25, -0.2) is 4.98 Å². The quantitative estimate of drug-likeness (QED) is 0.243. The maximum Gasteiger partial charge on any atom is 0.389 e. The normalized spacial score (nSPS) is 12.0. The standard InChI is InChI=1S/C15H25F3N4S.HI/c1-3-12-11-22-13(23-12)7-10-21-14(19-4-2)20-9-6-5-8-15(16,17)18;/h11H,3-10H2,1-2H3,(H2,19,20,21);1H. The SMILES string of the molecule is CCNC(=NCCCCC(F)(F)F)NCCc1ncc(CC)s1.I. The molecule has 0 atom stereocenters. The molecule has 0 bridgehead atoms. The van der Waals surface area contributed by atoms with Crippen molar-refractivity contribution in [1.29, 1.82) is 0 Å². The van der Waals surface area contributed by atoms with Crippen LogP contribution in [0.5, 0.6) is 0 Å². The molecule has 0 saturated heterocycles. The van der Waals surface area contributed by atoms with Crippen LogP contribution in [0.1, 0.15) is 43.0 Å². The number of guanidine groups is 1. The molecule has 2 N–H and O–H groups in total. The molecule has 0 aromatic carbocycles. The van der Waals surface area contributed by atoms with Gasteiger partial charge in [-0.3, -0.25) is 4.99 Å². The molecule has 0 unspecified atom stereocenters. The third-order valence-electron chi connectivity index (χ3n) is 3.06. The molecule has 1 rings (SSSR count). The first-order chi connectivity index (χ1) is 10.9. The van der Waals surface area contributed by atoms with Crippen LogP contribution in [0, 0.1) is 0 Å². The largest absolute Gasteiger partial charge is 0.389 e. The van der Waals surface area contributed by atoms with Crippen molar-refractivity contribution in [2.75, 3.05) is 19.6 Å². The Labute approximate surface area is 162 Å². The number of thiazole rings is 1. The zero-order valence-electron chi connectivity index (χ0n) is 14.1. The number of alkyl halides is 3. The van der Waals surface area contributed by atoms with E-state index in [2.05, 4.69) is 27.5 Å². The summed E-state index contributed by atoms with van der Waals surface area (Å²) in [5.74, 6) is 0.645. The Balaban J connectivity index is 0.00000529. The summed E-state index contributed by atoms with van der Waals surface area (Å²) in [5.41, 5.74) is 0. The first kappa shape index (κ1) is 23.4. The summed E-state index contributed by atoms with van der Waals surface area (Å²) in [7, 11) is 0. The van der Waals surface area contributed by atoms with Crippen LogP contribution < -0.4 is 10.6 Å². The van der Waals surface area contributed by atoms with Crippen LogP contribution in [0.3, 0.4) is 0 Å². The number of aryl methyl sites for hydroxylation is 1. The van der Waals surface area contributed by atoms with Crippen molar-refractivity contribution in [2.45, 2.75) is 52.1 Å². The smallest absolute Gasteiger partial charge is 0.357 e. The third-order valence-corrected chi connectivity index (χ3v) is 4.27. The maximum absolute atomic E-state index is 12.1. The predicted octanol–water partition coefficient (Wildman–Crippen LogP) is 4.15. The number of hydrogen-bond donors (Lipinski definition) is 2. The Hall–Kier alpha value is -0.580. The van der Waals surface area contributed by atoms with E-state index >= 15 is 0 Å². The number of hydrogen-bond acceptors (Lipinski definition) is 3. The molecule has 0 saturated carbocycles. The average Bonchev–Trinajstić information content (AvgIpc) is 2.93. The van der Waals surface area contributed by atoms with E-state index in [4.69, 9.17) is 0 Å². The molecule has 24 heavy (non-hydrogen) atoms. The molecule has 1 heterocycles. The van der Waals surface area contributed by atoms with E-state index < -0.39 is 12.6 Å². The molecule has 0 aliphatic carbocycles. The van der Waals surface area contributed by atoms with Crippen LogP contribution in [0.4, 0.5) is 13.2 Å². The maximum atomic E-state index is 12.1. The van der Waals surface area contributed by atoms with Crippen LogP contribution in [-0.4, -0.2) is 36.8 Å². The highest BCUT2D eigenvalue weighted by Gasteiger charge is 2.25. The zero-order chi connectivity index (χ0) is 17.1. The summed E-state index contributed by atoms with van der Waals surface area (Å²) in [6.45, 7) is 5.86. The summed E-state index contributed by atoms with van der Waals surface area (Å²) in [6, 6.07) is 0. The number of aromatic nitrogens is 1. The lowest BCUT2D eigenvalue weighted by Gasteiger charge is -2.10. The van der Waals surface area contributed by atoms with Crippen molar-refractivity contribution in [2.24, 2.45) is 4.99 Å². The number of aliphatic imine (C=N–C) groups is 1. The van der Waals surface area contributed by atoms with Crippen molar-refractivity contribution in [1.82, 2.24) is 15.6 Å². The van der Waals surface area contributed by atoms with Crippen molar-refractivity contribution >= 4 is 41.3 Å². The molecular weight excluding hydrogens is 452 g/mol. The van der Waals surface area contributed by atoms with E-state index in [0.29, 0.717) is 32.0 Å². The van der Waals surface area contributed by atoms with E-state index in [0.717, 1.165) is 17.8 Å². The molecule has 4 nitrogen and oxygen atoms in total. The fraction of sp³-hybridized carbons (Fsp3) is 0.733. The lowest BCUT2D eigenvalue weighted by atomic mass is 10.2. The highest BCUT2D eigenvalue weighted by Crippen LogP contribution is 2.22. The van der Waals surface area contributed by atoms with Crippen molar-refractivity contribution < 1.29 is 13.2 Å². The highest BCUT2D eigenvalue weighted by atomic mass is 127. The summed E-state index contributed by atoms with van der Waals surface area (Å²) in [5, 5.41) is 7.36. The topological polar surface area (TPSA) is 49.3 Å². The first-order valence-electron chi connectivity index (χ1n) is 7.97. The van der Waals surface area contributed by atoms with Gasteiger partial charge in [0.05, 0.1) is 5.01 Å².